The van der Waals surface area contributed by atoms with Crippen molar-refractivity contribution in [3.63, 3.8) is 0 Å². The highest BCUT2D eigenvalue weighted by atomic mass is 16.6. The first kappa shape index (κ1) is 12.8. The molecule has 0 aliphatic heterocycles. The summed E-state index contributed by atoms with van der Waals surface area (Å²) in [5.74, 6) is -0.525. The molecule has 0 aliphatic carbocycles. The number of allylic oxidation sites excluding steroid dienone is 1. The summed E-state index contributed by atoms with van der Waals surface area (Å²) in [5, 5.41) is 10.5. The fraction of sp³-hybridized carbons (Fsp3) is 0.167. The van der Waals surface area contributed by atoms with E-state index >= 15 is 0 Å². The minimum Gasteiger partial charge on any atom is -0.300 e. The Kier molecular flexibility index (Phi) is 4.28. The van der Waals surface area contributed by atoms with Crippen molar-refractivity contribution in [2.75, 3.05) is 0 Å². The second-order valence-electron chi connectivity index (χ2n) is 3.53. The van der Waals surface area contributed by atoms with Crippen LogP contribution in [0.4, 0.5) is 5.69 Å². The molecule has 0 aliphatic rings. The van der Waals surface area contributed by atoms with E-state index in [4.69, 9.17) is 0 Å². The Morgan fingerprint density at radius 2 is 2.12 bits per heavy atom. The molecule has 17 heavy (non-hydrogen) atoms. The number of hydrogen-bond acceptors (Lipinski definition) is 4. The maximum atomic E-state index is 11.2. The van der Waals surface area contributed by atoms with Gasteiger partial charge >= 0.3 is 0 Å². The van der Waals surface area contributed by atoms with Crippen molar-refractivity contribution in [3.05, 3.63) is 46.0 Å². The summed E-state index contributed by atoms with van der Waals surface area (Å²) in [5.41, 5.74) is 0.516. The highest BCUT2D eigenvalue weighted by molar-refractivity contribution is 6.05. The van der Waals surface area contributed by atoms with Crippen LogP contribution in [0, 0.1) is 10.1 Å². The van der Waals surface area contributed by atoms with E-state index in [0.29, 0.717) is 5.56 Å². The van der Waals surface area contributed by atoms with Crippen LogP contribution < -0.4 is 0 Å². The molecular formula is C12H11NO4. The van der Waals surface area contributed by atoms with E-state index < -0.39 is 4.92 Å². The molecule has 5 nitrogen and oxygen atoms in total. The lowest BCUT2D eigenvalue weighted by atomic mass is 10.1. The molecule has 5 heteroatoms. The number of benzene rings is 1. The zero-order valence-electron chi connectivity index (χ0n) is 9.25. The van der Waals surface area contributed by atoms with Crippen LogP contribution in [-0.4, -0.2) is 16.5 Å². The molecule has 0 radical (unpaired) electrons. The summed E-state index contributed by atoms with van der Waals surface area (Å²) >= 11 is 0. The Morgan fingerprint density at radius 1 is 1.41 bits per heavy atom. The maximum absolute atomic E-state index is 11.2. The van der Waals surface area contributed by atoms with Gasteiger partial charge in [0.15, 0.2) is 5.78 Å². The highest BCUT2D eigenvalue weighted by Crippen LogP contribution is 2.14. The lowest BCUT2D eigenvalue weighted by molar-refractivity contribution is -0.384. The number of ketones is 2. The van der Waals surface area contributed by atoms with Crippen LogP contribution in [0.3, 0.4) is 0 Å². The van der Waals surface area contributed by atoms with Crippen LogP contribution >= 0.6 is 0 Å². The Hall–Kier alpha value is -2.30. The van der Waals surface area contributed by atoms with Gasteiger partial charge < -0.3 is 0 Å². The van der Waals surface area contributed by atoms with E-state index in [1.807, 2.05) is 0 Å². The predicted molar refractivity (Wildman–Crippen MR) is 62.4 cm³/mol. The lowest BCUT2D eigenvalue weighted by Crippen LogP contribution is -1.99. The fourth-order valence-electron chi connectivity index (χ4n) is 1.24. The van der Waals surface area contributed by atoms with Crippen LogP contribution in [0.25, 0.3) is 6.08 Å². The first-order valence-electron chi connectivity index (χ1n) is 4.94. The SMILES string of the molecule is CC(=O)CC(=O)C=Cc1cccc([N+](=O)[O-])c1. The number of non-ortho nitro benzene ring substituents is 1. The number of nitro groups is 1. The van der Waals surface area contributed by atoms with Gasteiger partial charge in [-0.2, -0.15) is 0 Å². The Morgan fingerprint density at radius 3 is 2.71 bits per heavy atom. The summed E-state index contributed by atoms with van der Waals surface area (Å²) in [6.07, 6.45) is 2.56. The molecule has 0 fully saturated rings. The number of hydrogen-bond donors (Lipinski definition) is 0. The van der Waals surface area contributed by atoms with Crippen molar-refractivity contribution in [3.8, 4) is 0 Å². The van der Waals surface area contributed by atoms with Crippen LogP contribution in [0.15, 0.2) is 30.3 Å². The smallest absolute Gasteiger partial charge is 0.270 e. The molecule has 0 N–H and O–H groups in total. The molecule has 0 aromatic heterocycles. The quantitative estimate of drug-likeness (QED) is 0.338. The number of carbonyl (C=O) groups is 2. The van der Waals surface area contributed by atoms with Gasteiger partial charge in [0.2, 0.25) is 0 Å². The standard InChI is InChI=1S/C12H11NO4/c1-9(14)7-12(15)6-5-10-3-2-4-11(8-10)13(16)17/h2-6,8H,7H2,1H3. The van der Waals surface area contributed by atoms with Crippen molar-refractivity contribution in [1.29, 1.82) is 0 Å². The highest BCUT2D eigenvalue weighted by Gasteiger charge is 2.04. The van der Waals surface area contributed by atoms with Crippen molar-refractivity contribution < 1.29 is 14.5 Å². The van der Waals surface area contributed by atoms with Crippen LogP contribution in [0.2, 0.25) is 0 Å². The molecule has 0 amide bonds. The summed E-state index contributed by atoms with van der Waals surface area (Å²) in [6, 6.07) is 5.91. The van der Waals surface area contributed by atoms with E-state index in [9.17, 15) is 19.7 Å². The number of rotatable bonds is 5. The van der Waals surface area contributed by atoms with E-state index in [0.717, 1.165) is 0 Å². The molecule has 0 saturated heterocycles. The summed E-state index contributed by atoms with van der Waals surface area (Å²) in [4.78, 5) is 31.9. The fourth-order valence-corrected chi connectivity index (χ4v) is 1.24. The van der Waals surface area contributed by atoms with Gasteiger partial charge in [-0.15, -0.1) is 0 Å². The zero-order valence-corrected chi connectivity index (χ0v) is 9.25. The van der Waals surface area contributed by atoms with E-state index in [1.165, 1.54) is 37.3 Å². The molecule has 1 rings (SSSR count). The number of nitro benzene ring substituents is 1. The molecule has 0 atom stereocenters. The molecule has 0 saturated carbocycles. The van der Waals surface area contributed by atoms with E-state index in [2.05, 4.69) is 0 Å². The molecule has 0 heterocycles. The maximum Gasteiger partial charge on any atom is 0.270 e. The average Bonchev–Trinajstić information content (AvgIpc) is 2.26. The van der Waals surface area contributed by atoms with Crippen molar-refractivity contribution in [2.24, 2.45) is 0 Å². The monoisotopic (exact) mass is 233 g/mol. The first-order chi connectivity index (χ1) is 7.99. The topological polar surface area (TPSA) is 77.3 Å². The van der Waals surface area contributed by atoms with Gasteiger partial charge in [-0.25, -0.2) is 0 Å². The minimum absolute atomic E-state index is 0.0360. The Labute approximate surface area is 97.9 Å². The summed E-state index contributed by atoms with van der Waals surface area (Å²) in [7, 11) is 0. The van der Waals surface area contributed by atoms with Gasteiger partial charge in [-0.3, -0.25) is 19.7 Å². The largest absolute Gasteiger partial charge is 0.300 e. The minimum atomic E-state index is -0.505. The zero-order chi connectivity index (χ0) is 12.8. The number of carbonyl (C=O) groups excluding carboxylic acids is 2. The summed E-state index contributed by atoms with van der Waals surface area (Å²) < 4.78 is 0. The summed E-state index contributed by atoms with van der Waals surface area (Å²) in [6.45, 7) is 1.33. The molecule has 1 aromatic rings. The van der Waals surface area contributed by atoms with E-state index in [1.54, 1.807) is 6.07 Å². The van der Waals surface area contributed by atoms with Crippen LogP contribution in [0.5, 0.6) is 0 Å². The van der Waals surface area contributed by atoms with Gasteiger partial charge in [0.1, 0.15) is 5.78 Å². The lowest BCUT2D eigenvalue weighted by Gasteiger charge is -1.94. The van der Waals surface area contributed by atoms with Crippen molar-refractivity contribution >= 4 is 23.3 Å². The molecule has 1 aromatic carbocycles. The van der Waals surface area contributed by atoms with Gasteiger partial charge in [0.05, 0.1) is 11.3 Å². The molecule has 0 spiro atoms. The number of nitrogens with zero attached hydrogens (tertiary/aromatic N) is 1. The van der Waals surface area contributed by atoms with Gasteiger partial charge in [-0.1, -0.05) is 18.2 Å². The second kappa shape index (κ2) is 5.69. The molecule has 0 unspecified atom stereocenters. The third-order valence-corrected chi connectivity index (χ3v) is 1.97. The third kappa shape index (κ3) is 4.38. The van der Waals surface area contributed by atoms with Crippen molar-refractivity contribution in [1.82, 2.24) is 0 Å². The van der Waals surface area contributed by atoms with Crippen molar-refractivity contribution in [2.45, 2.75) is 13.3 Å². The molecule has 88 valence electrons. The normalized spacial score (nSPS) is 10.4. The third-order valence-electron chi connectivity index (χ3n) is 1.97. The first-order valence-corrected chi connectivity index (χ1v) is 4.94. The van der Waals surface area contributed by atoms with Crippen LogP contribution in [-0.2, 0) is 9.59 Å². The Balaban J connectivity index is 2.78. The van der Waals surface area contributed by atoms with E-state index in [-0.39, 0.29) is 23.7 Å². The number of Topliss-reactive ketones (excluding diaryl/α,β-unsaturated/α-hetero) is 1. The molecular weight excluding hydrogens is 222 g/mol. The predicted octanol–water partition coefficient (Wildman–Crippen LogP) is 2.16. The average molecular weight is 233 g/mol. The van der Waals surface area contributed by atoms with Gasteiger partial charge in [0, 0.05) is 12.1 Å². The molecule has 0 bridgehead atoms. The van der Waals surface area contributed by atoms with Gasteiger partial charge in [-0.05, 0) is 18.6 Å². The van der Waals surface area contributed by atoms with Gasteiger partial charge in [0.25, 0.3) is 5.69 Å². The Bertz CT molecular complexity index is 491. The second-order valence-corrected chi connectivity index (χ2v) is 3.53. The van der Waals surface area contributed by atoms with Crippen LogP contribution in [0.1, 0.15) is 18.9 Å².